The van der Waals surface area contributed by atoms with E-state index in [2.05, 4.69) is 11.9 Å². The Bertz CT molecular complexity index is 338. The maximum Gasteiger partial charge on any atom is 0.303 e. The molecule has 0 unspecified atom stereocenters. The fourth-order valence-corrected chi connectivity index (χ4v) is 3.17. The second-order valence-electron chi connectivity index (χ2n) is 6.77. The van der Waals surface area contributed by atoms with Crippen molar-refractivity contribution in [3.63, 3.8) is 0 Å². The molecular formula is C21H39NO2S. The van der Waals surface area contributed by atoms with Gasteiger partial charge in [-0.25, -0.2) is 0 Å². The number of nitrogens with zero attached hydrogens (tertiary/aromatic N) is 1. The molecule has 0 atom stereocenters. The summed E-state index contributed by atoms with van der Waals surface area (Å²) < 4.78 is 0. The normalized spacial score (nSPS) is 10.3. The van der Waals surface area contributed by atoms with Gasteiger partial charge in [0.25, 0.3) is 0 Å². The van der Waals surface area contributed by atoms with Crippen molar-refractivity contribution in [1.82, 2.24) is 4.98 Å². The number of hydrogen-bond donors (Lipinski definition) is 1. The SMILES string of the molecule is CCCCCCCCCCCCCCCCCC(=O)O.c1cscn1. The third-order valence-electron chi connectivity index (χ3n) is 4.34. The zero-order valence-corrected chi connectivity index (χ0v) is 17.1. The predicted octanol–water partition coefficient (Wildman–Crippen LogP) is 7.48. The zero-order valence-electron chi connectivity index (χ0n) is 16.3. The summed E-state index contributed by atoms with van der Waals surface area (Å²) in [4.78, 5) is 14.1. The van der Waals surface area contributed by atoms with Gasteiger partial charge < -0.3 is 5.11 Å². The van der Waals surface area contributed by atoms with Gasteiger partial charge in [-0.1, -0.05) is 96.8 Å². The molecule has 0 aliphatic carbocycles. The van der Waals surface area contributed by atoms with Gasteiger partial charge in [-0.2, -0.15) is 0 Å². The van der Waals surface area contributed by atoms with E-state index in [1.54, 1.807) is 23.0 Å². The first-order valence-electron chi connectivity index (χ1n) is 10.3. The van der Waals surface area contributed by atoms with E-state index in [9.17, 15) is 4.79 Å². The molecule has 1 aromatic heterocycles. The monoisotopic (exact) mass is 369 g/mol. The highest BCUT2D eigenvalue weighted by Gasteiger charge is 1.97. The molecule has 0 aromatic carbocycles. The molecule has 4 heteroatoms. The summed E-state index contributed by atoms with van der Waals surface area (Å²) in [5.74, 6) is -0.653. The van der Waals surface area contributed by atoms with Crippen LogP contribution >= 0.6 is 11.3 Å². The molecule has 146 valence electrons. The molecule has 0 fully saturated rings. The topological polar surface area (TPSA) is 50.2 Å². The van der Waals surface area contributed by atoms with Crippen LogP contribution in [-0.4, -0.2) is 16.1 Å². The van der Waals surface area contributed by atoms with Crippen molar-refractivity contribution >= 4 is 17.3 Å². The van der Waals surface area contributed by atoms with Crippen LogP contribution in [0.4, 0.5) is 0 Å². The summed E-state index contributed by atoms with van der Waals surface area (Å²) in [7, 11) is 0. The number of carbonyl (C=O) groups is 1. The van der Waals surface area contributed by atoms with Crippen molar-refractivity contribution in [1.29, 1.82) is 0 Å². The molecule has 0 aliphatic rings. The van der Waals surface area contributed by atoms with Gasteiger partial charge in [0, 0.05) is 18.0 Å². The van der Waals surface area contributed by atoms with Crippen molar-refractivity contribution in [3.05, 3.63) is 17.1 Å². The minimum absolute atomic E-state index is 0.345. The highest BCUT2D eigenvalue weighted by molar-refractivity contribution is 7.07. The van der Waals surface area contributed by atoms with Crippen LogP contribution in [0.15, 0.2) is 17.1 Å². The summed E-state index contributed by atoms with van der Waals surface area (Å²) in [6.07, 6.45) is 22.0. The molecule has 0 radical (unpaired) electrons. The van der Waals surface area contributed by atoms with Crippen LogP contribution in [0.1, 0.15) is 110 Å². The number of aromatic nitrogens is 1. The maximum atomic E-state index is 10.3. The lowest BCUT2D eigenvalue weighted by molar-refractivity contribution is -0.137. The fourth-order valence-electron chi connectivity index (χ4n) is 2.82. The third kappa shape index (κ3) is 23.1. The molecular weight excluding hydrogens is 330 g/mol. The first-order chi connectivity index (χ1) is 12.3. The van der Waals surface area contributed by atoms with Crippen LogP contribution in [0.5, 0.6) is 0 Å². The van der Waals surface area contributed by atoms with E-state index in [1.165, 1.54) is 83.5 Å². The molecule has 1 rings (SSSR count). The molecule has 0 amide bonds. The quantitative estimate of drug-likeness (QED) is 0.307. The van der Waals surface area contributed by atoms with Gasteiger partial charge in [0.2, 0.25) is 0 Å². The molecule has 25 heavy (non-hydrogen) atoms. The number of rotatable bonds is 16. The van der Waals surface area contributed by atoms with E-state index in [-0.39, 0.29) is 0 Å². The van der Waals surface area contributed by atoms with Crippen molar-refractivity contribution in [2.45, 2.75) is 110 Å². The van der Waals surface area contributed by atoms with Gasteiger partial charge in [-0.3, -0.25) is 9.78 Å². The van der Waals surface area contributed by atoms with E-state index in [4.69, 9.17) is 5.11 Å². The summed E-state index contributed by atoms with van der Waals surface area (Å²) in [5.41, 5.74) is 1.79. The van der Waals surface area contributed by atoms with Crippen LogP contribution in [0.3, 0.4) is 0 Å². The Morgan fingerprint density at radius 2 is 1.24 bits per heavy atom. The standard InChI is InChI=1S/C18H36O2.C3H3NS/c1-2-3-4-5-6-7-8-9-10-11-12-13-14-15-16-17-18(19)20;1-2-5-3-4-1/h2-17H2,1H3,(H,19,20);1-3H. The third-order valence-corrected chi connectivity index (χ3v) is 4.86. The zero-order chi connectivity index (χ0) is 18.4. The molecule has 0 spiro atoms. The first-order valence-corrected chi connectivity index (χ1v) is 11.3. The lowest BCUT2D eigenvalue weighted by atomic mass is 10.0. The second kappa shape index (κ2) is 21.1. The second-order valence-corrected chi connectivity index (χ2v) is 7.52. The van der Waals surface area contributed by atoms with Gasteiger partial charge in [0.1, 0.15) is 0 Å². The summed E-state index contributed by atoms with van der Waals surface area (Å²) >= 11 is 1.60. The van der Waals surface area contributed by atoms with Crippen LogP contribution in [0.25, 0.3) is 0 Å². The van der Waals surface area contributed by atoms with Crippen molar-refractivity contribution in [2.75, 3.05) is 0 Å². The molecule has 1 aromatic rings. The average Bonchev–Trinajstić information content (AvgIpc) is 3.18. The Morgan fingerprint density at radius 3 is 1.52 bits per heavy atom. The highest BCUT2D eigenvalue weighted by Crippen LogP contribution is 2.13. The molecule has 0 aliphatic heterocycles. The van der Waals surface area contributed by atoms with Gasteiger partial charge in [-0.15, -0.1) is 11.3 Å². The Hall–Kier alpha value is -0.900. The minimum Gasteiger partial charge on any atom is -0.481 e. The number of aliphatic carboxylic acids is 1. The maximum absolute atomic E-state index is 10.3. The predicted molar refractivity (Wildman–Crippen MR) is 109 cm³/mol. The number of thiazole rings is 1. The largest absolute Gasteiger partial charge is 0.481 e. The van der Waals surface area contributed by atoms with Crippen molar-refractivity contribution in [2.24, 2.45) is 0 Å². The van der Waals surface area contributed by atoms with Gasteiger partial charge >= 0.3 is 5.97 Å². The Kier molecular flexibility index (Phi) is 20.4. The highest BCUT2D eigenvalue weighted by atomic mass is 32.1. The number of carboxylic acid groups (broad SMARTS) is 1. The van der Waals surface area contributed by atoms with E-state index in [0.29, 0.717) is 6.42 Å². The Morgan fingerprint density at radius 1 is 0.800 bits per heavy atom. The smallest absolute Gasteiger partial charge is 0.303 e. The number of hydrogen-bond acceptors (Lipinski definition) is 3. The van der Waals surface area contributed by atoms with Crippen LogP contribution < -0.4 is 0 Å². The average molecular weight is 370 g/mol. The summed E-state index contributed by atoms with van der Waals surface area (Å²) in [6.45, 7) is 2.27. The lowest BCUT2D eigenvalue weighted by Gasteiger charge is -2.03. The van der Waals surface area contributed by atoms with Crippen molar-refractivity contribution < 1.29 is 9.90 Å². The van der Waals surface area contributed by atoms with E-state index in [0.717, 1.165) is 12.8 Å². The first kappa shape index (κ1) is 24.1. The fraction of sp³-hybridized carbons (Fsp3) is 0.810. The Labute approximate surface area is 159 Å². The molecule has 0 bridgehead atoms. The lowest BCUT2D eigenvalue weighted by Crippen LogP contribution is -1.93. The van der Waals surface area contributed by atoms with E-state index in [1.807, 2.05) is 5.38 Å². The molecule has 1 N–H and O–H groups in total. The summed E-state index contributed by atoms with van der Waals surface area (Å²) in [6, 6.07) is 0. The van der Waals surface area contributed by atoms with E-state index < -0.39 is 5.97 Å². The molecule has 3 nitrogen and oxygen atoms in total. The van der Waals surface area contributed by atoms with Gasteiger partial charge in [0.15, 0.2) is 0 Å². The minimum atomic E-state index is -0.653. The van der Waals surface area contributed by atoms with Gasteiger partial charge in [-0.05, 0) is 6.42 Å². The van der Waals surface area contributed by atoms with Gasteiger partial charge in [0.05, 0.1) is 5.51 Å². The van der Waals surface area contributed by atoms with Crippen molar-refractivity contribution in [3.8, 4) is 0 Å². The molecule has 0 saturated carbocycles. The number of carboxylic acids is 1. The molecule has 0 saturated heterocycles. The van der Waals surface area contributed by atoms with Crippen LogP contribution in [0.2, 0.25) is 0 Å². The van der Waals surface area contributed by atoms with Crippen LogP contribution in [0, 0.1) is 0 Å². The van der Waals surface area contributed by atoms with E-state index >= 15 is 0 Å². The molecule has 1 heterocycles. The number of unbranched alkanes of at least 4 members (excludes halogenated alkanes) is 14. The van der Waals surface area contributed by atoms with Crippen LogP contribution in [-0.2, 0) is 4.79 Å². The summed E-state index contributed by atoms with van der Waals surface area (Å²) in [5, 5.41) is 10.4. The Balaban J connectivity index is 0.000000972.